The molecule has 0 amide bonds. The molecule has 0 spiro atoms. The first kappa shape index (κ1) is 16.9. The third-order valence-electron chi connectivity index (χ3n) is 2.81. The zero-order chi connectivity index (χ0) is 16.5. The summed E-state index contributed by atoms with van der Waals surface area (Å²) in [6, 6.07) is 1.47. The summed E-state index contributed by atoms with van der Waals surface area (Å²) in [5, 5.41) is 0.178. The average molecular weight is 366 g/mol. The molecule has 2 aromatic rings. The van der Waals surface area contributed by atoms with Crippen molar-refractivity contribution in [2.75, 3.05) is 24.7 Å². The molecule has 1 aromatic heterocycles. The van der Waals surface area contributed by atoms with Crippen LogP contribution in [0.15, 0.2) is 6.07 Å². The number of hydrogen-bond donors (Lipinski definition) is 1. The van der Waals surface area contributed by atoms with Gasteiger partial charge in [-0.15, -0.1) is 0 Å². The molecule has 1 aromatic carbocycles. The number of halogens is 2. The third kappa shape index (κ3) is 3.13. The molecule has 0 aliphatic rings. The lowest BCUT2D eigenvalue weighted by molar-refractivity contribution is 0.334. The number of nitrogens with zero attached hydrogens (tertiary/aromatic N) is 2. The minimum atomic E-state index is -3.57. The molecule has 0 atom stereocenters. The van der Waals surface area contributed by atoms with Gasteiger partial charge in [-0.05, 0) is 13.0 Å². The normalized spacial score (nSPS) is 11.5. The molecule has 0 fully saturated rings. The summed E-state index contributed by atoms with van der Waals surface area (Å²) in [5.74, 6) is 0.126. The van der Waals surface area contributed by atoms with Gasteiger partial charge in [0.2, 0.25) is 10.0 Å². The summed E-state index contributed by atoms with van der Waals surface area (Å²) in [4.78, 5) is 8.40. The SMILES string of the molecule is CCS(=O)(=O)Nc1c(Cl)c(Cl)cc2nc(OC)c(OC)nc12. The van der Waals surface area contributed by atoms with E-state index in [1.54, 1.807) is 0 Å². The van der Waals surface area contributed by atoms with Crippen LogP contribution >= 0.6 is 23.2 Å². The van der Waals surface area contributed by atoms with Gasteiger partial charge in [-0.1, -0.05) is 23.2 Å². The smallest absolute Gasteiger partial charge is 0.278 e. The minimum Gasteiger partial charge on any atom is -0.477 e. The third-order valence-corrected chi connectivity index (χ3v) is 4.88. The monoisotopic (exact) mass is 365 g/mol. The van der Waals surface area contributed by atoms with E-state index in [1.165, 1.54) is 27.2 Å². The second kappa shape index (κ2) is 6.31. The van der Waals surface area contributed by atoms with Crippen molar-refractivity contribution in [2.24, 2.45) is 0 Å². The molecule has 0 bridgehead atoms. The number of methoxy groups -OCH3 is 2. The second-order valence-electron chi connectivity index (χ2n) is 4.16. The van der Waals surface area contributed by atoms with Gasteiger partial charge >= 0.3 is 0 Å². The Morgan fingerprint density at radius 1 is 1.18 bits per heavy atom. The Balaban J connectivity index is 2.80. The molecule has 0 unspecified atom stereocenters. The number of ether oxygens (including phenoxy) is 2. The van der Waals surface area contributed by atoms with Crippen molar-refractivity contribution < 1.29 is 17.9 Å². The van der Waals surface area contributed by atoms with Crippen LogP contribution < -0.4 is 14.2 Å². The van der Waals surface area contributed by atoms with Crippen molar-refractivity contribution in [1.29, 1.82) is 0 Å². The van der Waals surface area contributed by atoms with Crippen LogP contribution in [-0.2, 0) is 10.0 Å². The zero-order valence-electron chi connectivity index (χ0n) is 12.0. The van der Waals surface area contributed by atoms with E-state index in [1.807, 2.05) is 0 Å². The summed E-state index contributed by atoms with van der Waals surface area (Å²) < 4.78 is 36.2. The molecule has 2 rings (SSSR count). The van der Waals surface area contributed by atoms with E-state index >= 15 is 0 Å². The molecule has 1 N–H and O–H groups in total. The molecule has 0 saturated heterocycles. The first-order valence-corrected chi connectivity index (χ1v) is 8.52. The maximum absolute atomic E-state index is 11.8. The van der Waals surface area contributed by atoms with E-state index in [0.29, 0.717) is 5.52 Å². The molecule has 120 valence electrons. The Kier molecular flexibility index (Phi) is 4.84. The fourth-order valence-corrected chi connectivity index (χ4v) is 2.79. The van der Waals surface area contributed by atoms with Crippen molar-refractivity contribution in [3.63, 3.8) is 0 Å². The average Bonchev–Trinajstić information content (AvgIpc) is 2.50. The van der Waals surface area contributed by atoms with E-state index in [2.05, 4.69) is 14.7 Å². The molecule has 7 nitrogen and oxygen atoms in total. The zero-order valence-corrected chi connectivity index (χ0v) is 14.3. The van der Waals surface area contributed by atoms with Crippen LogP contribution in [0.4, 0.5) is 5.69 Å². The van der Waals surface area contributed by atoms with E-state index in [4.69, 9.17) is 32.7 Å². The van der Waals surface area contributed by atoms with E-state index in [0.717, 1.165) is 0 Å². The largest absolute Gasteiger partial charge is 0.477 e. The molecule has 10 heteroatoms. The first-order chi connectivity index (χ1) is 10.3. The van der Waals surface area contributed by atoms with Crippen molar-refractivity contribution in [1.82, 2.24) is 9.97 Å². The van der Waals surface area contributed by atoms with Gasteiger partial charge in [0.25, 0.3) is 11.8 Å². The molecule has 0 aliphatic carbocycles. The van der Waals surface area contributed by atoms with Gasteiger partial charge in [0.15, 0.2) is 0 Å². The maximum Gasteiger partial charge on any atom is 0.278 e. The van der Waals surface area contributed by atoms with Gasteiger partial charge in [-0.25, -0.2) is 18.4 Å². The van der Waals surface area contributed by atoms with Crippen LogP contribution in [0.2, 0.25) is 10.0 Å². The number of hydrogen-bond acceptors (Lipinski definition) is 6. The van der Waals surface area contributed by atoms with Crippen molar-refractivity contribution in [3.8, 4) is 11.8 Å². The van der Waals surface area contributed by atoms with E-state index < -0.39 is 10.0 Å². The maximum atomic E-state index is 11.8. The summed E-state index contributed by atoms with van der Waals surface area (Å²) in [6.45, 7) is 1.50. The molecular formula is C12H13Cl2N3O4S. The summed E-state index contributed by atoms with van der Waals surface area (Å²) >= 11 is 12.1. The highest BCUT2D eigenvalue weighted by Gasteiger charge is 2.20. The highest BCUT2D eigenvalue weighted by atomic mass is 35.5. The number of nitrogens with one attached hydrogen (secondary N) is 1. The lowest BCUT2D eigenvalue weighted by atomic mass is 10.2. The summed E-state index contributed by atoms with van der Waals surface area (Å²) in [6.07, 6.45) is 0. The number of aromatic nitrogens is 2. The molecule has 0 aliphatic heterocycles. The number of benzene rings is 1. The van der Waals surface area contributed by atoms with Gasteiger partial charge in [0.1, 0.15) is 5.52 Å². The first-order valence-electron chi connectivity index (χ1n) is 6.11. The van der Waals surface area contributed by atoms with Crippen LogP contribution in [0, 0.1) is 0 Å². The fourth-order valence-electron chi connectivity index (χ4n) is 1.69. The van der Waals surface area contributed by atoms with Crippen LogP contribution in [0.3, 0.4) is 0 Å². The van der Waals surface area contributed by atoms with Gasteiger partial charge in [0.05, 0.1) is 41.2 Å². The van der Waals surface area contributed by atoms with Crippen LogP contribution in [0.5, 0.6) is 11.8 Å². The minimum absolute atomic E-state index is 0.0349. The van der Waals surface area contributed by atoms with Crippen molar-refractivity contribution >= 4 is 49.9 Å². The Hall–Kier alpha value is -1.51. The molecular weight excluding hydrogens is 353 g/mol. The molecule has 0 saturated carbocycles. The van der Waals surface area contributed by atoms with Gasteiger partial charge in [0, 0.05) is 0 Å². The van der Waals surface area contributed by atoms with E-state index in [-0.39, 0.29) is 38.8 Å². The number of rotatable bonds is 5. The number of sulfonamides is 1. The van der Waals surface area contributed by atoms with Crippen LogP contribution in [0.1, 0.15) is 6.92 Å². The van der Waals surface area contributed by atoms with Gasteiger partial charge < -0.3 is 9.47 Å². The highest BCUT2D eigenvalue weighted by molar-refractivity contribution is 7.92. The standard InChI is InChI=1S/C12H13Cl2N3O4S/c1-4-22(18,19)17-10-8(14)6(13)5-7-9(10)16-12(21-3)11(15-7)20-2/h5,17H,4H2,1-3H3. The topological polar surface area (TPSA) is 90.4 Å². The number of anilines is 1. The van der Waals surface area contributed by atoms with E-state index in [9.17, 15) is 8.42 Å². The Bertz CT molecular complexity index is 827. The predicted molar refractivity (Wildman–Crippen MR) is 85.7 cm³/mol. The molecule has 22 heavy (non-hydrogen) atoms. The second-order valence-corrected chi connectivity index (χ2v) is 6.96. The van der Waals surface area contributed by atoms with Gasteiger partial charge in [-0.3, -0.25) is 4.72 Å². The lowest BCUT2D eigenvalue weighted by Crippen LogP contribution is -2.15. The fraction of sp³-hybridized carbons (Fsp3) is 0.333. The van der Waals surface area contributed by atoms with Crippen LogP contribution in [-0.4, -0.2) is 38.4 Å². The van der Waals surface area contributed by atoms with Crippen molar-refractivity contribution in [2.45, 2.75) is 6.92 Å². The quantitative estimate of drug-likeness (QED) is 0.875. The number of fused-ring (bicyclic) bond motifs is 1. The molecule has 0 radical (unpaired) electrons. The Labute approximate surface area is 137 Å². The lowest BCUT2D eigenvalue weighted by Gasteiger charge is -2.13. The Morgan fingerprint density at radius 3 is 2.32 bits per heavy atom. The predicted octanol–water partition coefficient (Wildman–Crippen LogP) is 2.72. The molecule has 1 heterocycles. The summed E-state index contributed by atoms with van der Waals surface area (Å²) in [5.41, 5.74) is 0.587. The highest BCUT2D eigenvalue weighted by Crippen LogP contribution is 2.38. The summed E-state index contributed by atoms with van der Waals surface area (Å²) in [7, 11) is -0.764. The van der Waals surface area contributed by atoms with Crippen LogP contribution in [0.25, 0.3) is 11.0 Å². The van der Waals surface area contributed by atoms with Crippen molar-refractivity contribution in [3.05, 3.63) is 16.1 Å². The Morgan fingerprint density at radius 2 is 1.77 bits per heavy atom. The van der Waals surface area contributed by atoms with Gasteiger partial charge in [-0.2, -0.15) is 0 Å².